The molecule has 4 aromatic rings. The number of nitrogens with zero attached hydrogens (tertiary/aromatic N) is 2. The molecule has 170 valence electrons. The lowest BCUT2D eigenvalue weighted by molar-refractivity contribution is 0.101. The fourth-order valence-corrected chi connectivity index (χ4v) is 4.08. The predicted octanol–water partition coefficient (Wildman–Crippen LogP) is 6.91. The Morgan fingerprint density at radius 3 is 2.68 bits per heavy atom. The minimum Gasteiger partial charge on any atom is -0.493 e. The number of ether oxygens (including phenoxy) is 2. The lowest BCUT2D eigenvalue weighted by Gasteiger charge is -2.09. The van der Waals surface area contributed by atoms with E-state index in [1.165, 1.54) is 0 Å². The van der Waals surface area contributed by atoms with Crippen LogP contribution in [0.2, 0.25) is 5.02 Å². The number of aromatic nitrogens is 2. The second kappa shape index (κ2) is 9.20. The first kappa shape index (κ1) is 22.0. The molecule has 3 aromatic carbocycles. The van der Waals surface area contributed by atoms with E-state index in [0.717, 1.165) is 40.2 Å². The molecule has 0 fully saturated rings. The summed E-state index contributed by atoms with van der Waals surface area (Å²) in [5.74, 6) is 1.40. The minimum atomic E-state index is -0.199. The molecule has 0 amide bonds. The van der Waals surface area contributed by atoms with Crippen LogP contribution in [-0.4, -0.2) is 22.2 Å². The summed E-state index contributed by atoms with van der Waals surface area (Å²) in [5, 5.41) is 5.35. The van der Waals surface area contributed by atoms with E-state index in [4.69, 9.17) is 26.2 Å². The molecule has 1 aromatic heterocycles. The van der Waals surface area contributed by atoms with E-state index in [-0.39, 0.29) is 11.5 Å². The van der Waals surface area contributed by atoms with Crippen LogP contribution in [0.15, 0.2) is 78.7 Å². The van der Waals surface area contributed by atoms with Crippen LogP contribution in [0.4, 0.5) is 0 Å². The Hall–Kier alpha value is -3.83. The number of aryl methyl sites for hydroxylation is 1. The van der Waals surface area contributed by atoms with Crippen molar-refractivity contribution in [1.82, 2.24) is 9.78 Å². The maximum Gasteiger partial charge on any atom is 0.232 e. The van der Waals surface area contributed by atoms with Crippen molar-refractivity contribution >= 4 is 23.5 Å². The van der Waals surface area contributed by atoms with Gasteiger partial charge in [0.25, 0.3) is 0 Å². The predicted molar refractivity (Wildman–Crippen MR) is 134 cm³/mol. The Morgan fingerprint density at radius 1 is 1.09 bits per heavy atom. The molecule has 0 saturated carbocycles. The molecule has 34 heavy (non-hydrogen) atoms. The lowest BCUT2D eigenvalue weighted by atomic mass is 10.0. The molecule has 0 saturated heterocycles. The molecule has 5 nitrogen and oxygen atoms in total. The van der Waals surface area contributed by atoms with Gasteiger partial charge in [-0.1, -0.05) is 36.7 Å². The third-order valence-electron chi connectivity index (χ3n) is 5.59. The molecule has 5 rings (SSSR count). The average molecular weight is 471 g/mol. The summed E-state index contributed by atoms with van der Waals surface area (Å²) in [4.78, 5) is 13.0. The van der Waals surface area contributed by atoms with Crippen molar-refractivity contribution in [2.75, 3.05) is 6.61 Å². The van der Waals surface area contributed by atoms with Crippen molar-refractivity contribution in [1.29, 1.82) is 0 Å². The summed E-state index contributed by atoms with van der Waals surface area (Å²) in [6, 6.07) is 20.9. The Labute approximate surface area is 203 Å². The fraction of sp³-hybridized carbons (Fsp3) is 0.143. The third kappa shape index (κ3) is 4.22. The van der Waals surface area contributed by atoms with Crippen LogP contribution in [0.1, 0.15) is 34.8 Å². The number of fused-ring (bicyclic) bond motifs is 1. The first-order chi connectivity index (χ1) is 16.5. The third-order valence-corrected chi connectivity index (χ3v) is 5.82. The van der Waals surface area contributed by atoms with Crippen LogP contribution in [0.25, 0.3) is 23.0 Å². The SMILES string of the molecule is CCCOc1ccc(-c2nn(-c3ccccc3)cc2/C=C2\Oc3ccc(Cl)cc3C2=O)cc1C. The quantitative estimate of drug-likeness (QED) is 0.287. The van der Waals surface area contributed by atoms with E-state index in [9.17, 15) is 4.79 Å². The number of carbonyl (C=O) groups is 1. The van der Waals surface area contributed by atoms with Crippen molar-refractivity contribution < 1.29 is 14.3 Å². The van der Waals surface area contributed by atoms with E-state index in [1.807, 2.05) is 60.3 Å². The zero-order chi connectivity index (χ0) is 23.7. The lowest BCUT2D eigenvalue weighted by Crippen LogP contribution is -1.98. The first-order valence-electron chi connectivity index (χ1n) is 11.2. The highest BCUT2D eigenvalue weighted by Crippen LogP contribution is 2.35. The van der Waals surface area contributed by atoms with Crippen molar-refractivity contribution in [3.05, 3.63) is 100 Å². The van der Waals surface area contributed by atoms with Crippen molar-refractivity contribution in [2.45, 2.75) is 20.3 Å². The number of benzene rings is 3. The monoisotopic (exact) mass is 470 g/mol. The van der Waals surface area contributed by atoms with Crippen molar-refractivity contribution in [3.63, 3.8) is 0 Å². The first-order valence-corrected chi connectivity index (χ1v) is 11.5. The number of hydrogen-bond donors (Lipinski definition) is 0. The maximum atomic E-state index is 13.0. The minimum absolute atomic E-state index is 0.199. The summed E-state index contributed by atoms with van der Waals surface area (Å²) in [6.07, 6.45) is 4.60. The average Bonchev–Trinajstić information content (AvgIpc) is 3.40. The largest absolute Gasteiger partial charge is 0.493 e. The summed E-state index contributed by atoms with van der Waals surface area (Å²) < 4.78 is 13.5. The molecule has 0 aliphatic carbocycles. The number of carbonyl (C=O) groups excluding carboxylic acids is 1. The number of para-hydroxylation sites is 1. The van der Waals surface area contributed by atoms with E-state index >= 15 is 0 Å². The molecule has 1 aliphatic rings. The van der Waals surface area contributed by atoms with Crippen LogP contribution in [-0.2, 0) is 0 Å². The fourth-order valence-electron chi connectivity index (χ4n) is 3.90. The van der Waals surface area contributed by atoms with E-state index in [1.54, 1.807) is 24.3 Å². The van der Waals surface area contributed by atoms with Gasteiger partial charge in [-0.2, -0.15) is 5.10 Å². The van der Waals surface area contributed by atoms with Crippen LogP contribution in [0.3, 0.4) is 0 Å². The molecular formula is C28H23ClN2O3. The molecule has 0 N–H and O–H groups in total. The van der Waals surface area contributed by atoms with Gasteiger partial charge in [0.15, 0.2) is 5.76 Å². The molecule has 2 heterocycles. The van der Waals surface area contributed by atoms with Gasteiger partial charge in [0.1, 0.15) is 17.2 Å². The van der Waals surface area contributed by atoms with Crippen LogP contribution < -0.4 is 9.47 Å². The van der Waals surface area contributed by atoms with E-state index < -0.39 is 0 Å². The standard InChI is InChI=1S/C28H23ClN2O3/c1-3-13-33-24-11-9-19(14-18(24)2)27-20(17-31(30-27)22-7-5-4-6-8-22)15-26-28(32)23-16-21(29)10-12-25(23)34-26/h4-12,14-17H,3,13H2,1-2H3/b26-15-. The van der Waals surface area contributed by atoms with Crippen LogP contribution in [0.5, 0.6) is 11.5 Å². The summed E-state index contributed by atoms with van der Waals surface area (Å²) in [5.41, 5.74) is 4.84. The molecule has 6 heteroatoms. The summed E-state index contributed by atoms with van der Waals surface area (Å²) in [6.45, 7) is 4.77. The Morgan fingerprint density at radius 2 is 1.91 bits per heavy atom. The van der Waals surface area contributed by atoms with Gasteiger partial charge in [-0.25, -0.2) is 4.68 Å². The summed E-state index contributed by atoms with van der Waals surface area (Å²) in [7, 11) is 0. The highest BCUT2D eigenvalue weighted by atomic mass is 35.5. The van der Waals surface area contributed by atoms with Gasteiger partial charge in [0, 0.05) is 22.3 Å². The smallest absolute Gasteiger partial charge is 0.232 e. The second-order valence-electron chi connectivity index (χ2n) is 8.12. The number of hydrogen-bond acceptors (Lipinski definition) is 4. The zero-order valence-corrected chi connectivity index (χ0v) is 19.7. The highest BCUT2D eigenvalue weighted by Gasteiger charge is 2.28. The van der Waals surface area contributed by atoms with Gasteiger partial charge in [-0.15, -0.1) is 0 Å². The van der Waals surface area contributed by atoms with Crippen LogP contribution >= 0.6 is 11.6 Å². The normalized spacial score (nSPS) is 13.7. The Balaban J connectivity index is 1.58. The number of Topliss-reactive ketones (excluding diaryl/α,β-unsaturated/α-hetero) is 1. The molecule has 1 aliphatic heterocycles. The van der Waals surface area contributed by atoms with Gasteiger partial charge in [-0.05, 0) is 73.5 Å². The molecular weight excluding hydrogens is 448 g/mol. The van der Waals surface area contributed by atoms with E-state index in [2.05, 4.69) is 13.0 Å². The van der Waals surface area contributed by atoms with Crippen molar-refractivity contribution in [3.8, 4) is 28.4 Å². The molecule has 0 atom stereocenters. The number of ketones is 1. The van der Waals surface area contributed by atoms with Crippen LogP contribution in [0, 0.1) is 6.92 Å². The van der Waals surface area contributed by atoms with Gasteiger partial charge in [0.2, 0.25) is 5.78 Å². The maximum absolute atomic E-state index is 13.0. The molecule has 0 unspecified atom stereocenters. The van der Waals surface area contributed by atoms with Gasteiger partial charge < -0.3 is 9.47 Å². The molecule has 0 bridgehead atoms. The number of rotatable bonds is 6. The Kier molecular flexibility index (Phi) is 5.95. The van der Waals surface area contributed by atoms with Gasteiger partial charge in [0.05, 0.1) is 17.9 Å². The highest BCUT2D eigenvalue weighted by molar-refractivity contribution is 6.31. The number of halogens is 1. The second-order valence-corrected chi connectivity index (χ2v) is 8.56. The number of allylic oxidation sites excluding steroid dienone is 1. The summed E-state index contributed by atoms with van der Waals surface area (Å²) >= 11 is 6.08. The topological polar surface area (TPSA) is 53.4 Å². The molecule has 0 radical (unpaired) electrons. The Bertz CT molecular complexity index is 1410. The molecule has 0 spiro atoms. The van der Waals surface area contributed by atoms with Gasteiger partial charge in [-0.3, -0.25) is 4.79 Å². The van der Waals surface area contributed by atoms with Crippen molar-refractivity contribution in [2.24, 2.45) is 0 Å². The zero-order valence-electron chi connectivity index (χ0n) is 18.9. The van der Waals surface area contributed by atoms with Gasteiger partial charge >= 0.3 is 0 Å². The van der Waals surface area contributed by atoms with E-state index in [0.29, 0.717) is 22.9 Å².